The van der Waals surface area contributed by atoms with Crippen LogP contribution in [-0.4, -0.2) is 18.1 Å². The molecular weight excluding hydrogens is 342 g/mol. The fourth-order valence-corrected chi connectivity index (χ4v) is 2.66. The predicted octanol–water partition coefficient (Wildman–Crippen LogP) is 4.78. The summed E-state index contributed by atoms with van der Waals surface area (Å²) in [4.78, 5) is 14.8. The van der Waals surface area contributed by atoms with Crippen LogP contribution in [0.2, 0.25) is 0 Å². The Bertz CT molecular complexity index is 847. The van der Waals surface area contributed by atoms with Gasteiger partial charge in [-0.05, 0) is 29.8 Å². The number of ether oxygens (including phenoxy) is 1. The second-order valence-electron chi connectivity index (χ2n) is 4.82. The highest BCUT2D eigenvalue weighted by Crippen LogP contribution is 2.32. The molecule has 110 valence electrons. The Morgan fingerprint density at radius 3 is 2.59 bits per heavy atom. The Labute approximate surface area is 136 Å². The number of halogens is 1. The average Bonchev–Trinajstić information content (AvgIpc) is 2.92. The van der Waals surface area contributed by atoms with Crippen LogP contribution < -0.4 is 0 Å². The first-order valence-electron chi connectivity index (χ1n) is 6.81. The summed E-state index contributed by atoms with van der Waals surface area (Å²) in [7, 11) is 1.37. The van der Waals surface area contributed by atoms with Gasteiger partial charge in [0, 0.05) is 27.0 Å². The van der Waals surface area contributed by atoms with Crippen LogP contribution >= 0.6 is 15.9 Å². The zero-order chi connectivity index (χ0) is 15.5. The van der Waals surface area contributed by atoms with E-state index in [1.165, 1.54) is 13.2 Å². The number of methoxy groups -OCH3 is 1. The van der Waals surface area contributed by atoms with Crippen molar-refractivity contribution < 1.29 is 9.53 Å². The van der Waals surface area contributed by atoms with E-state index in [0.717, 1.165) is 32.2 Å². The Kier molecular flexibility index (Phi) is 4.11. The van der Waals surface area contributed by atoms with E-state index in [1.807, 2.05) is 48.5 Å². The summed E-state index contributed by atoms with van der Waals surface area (Å²) < 4.78 is 5.71. The number of carbonyl (C=O) groups excluding carboxylic acids is 1. The third-order valence-electron chi connectivity index (χ3n) is 3.47. The quantitative estimate of drug-likeness (QED) is 0.542. The van der Waals surface area contributed by atoms with E-state index >= 15 is 0 Å². The number of aromatic nitrogens is 1. The molecule has 0 fully saturated rings. The number of rotatable bonds is 3. The predicted molar refractivity (Wildman–Crippen MR) is 92.5 cm³/mol. The Morgan fingerprint density at radius 1 is 1.14 bits per heavy atom. The highest BCUT2D eigenvalue weighted by molar-refractivity contribution is 9.10. The number of carbonyl (C=O) groups is 1. The van der Waals surface area contributed by atoms with Crippen molar-refractivity contribution in [3.05, 3.63) is 64.6 Å². The van der Waals surface area contributed by atoms with Crippen LogP contribution in [0.4, 0.5) is 0 Å². The third kappa shape index (κ3) is 2.83. The molecule has 22 heavy (non-hydrogen) atoms. The van der Waals surface area contributed by atoms with Crippen molar-refractivity contribution in [3.8, 4) is 11.3 Å². The number of esters is 1. The van der Waals surface area contributed by atoms with Crippen LogP contribution in [0.1, 0.15) is 5.56 Å². The van der Waals surface area contributed by atoms with Crippen molar-refractivity contribution >= 4 is 38.9 Å². The molecule has 0 bridgehead atoms. The maximum absolute atomic E-state index is 11.4. The molecule has 0 unspecified atom stereocenters. The van der Waals surface area contributed by atoms with Gasteiger partial charge < -0.3 is 9.72 Å². The SMILES string of the molecule is COC(=O)C=Cc1c(-c2ccc(Br)cc2)[nH]c2ccccc12. The number of benzene rings is 2. The molecule has 0 saturated heterocycles. The molecule has 3 rings (SSSR count). The van der Waals surface area contributed by atoms with Gasteiger partial charge in [-0.1, -0.05) is 46.3 Å². The lowest BCUT2D eigenvalue weighted by Crippen LogP contribution is -1.93. The molecule has 1 aromatic heterocycles. The topological polar surface area (TPSA) is 42.1 Å². The minimum Gasteiger partial charge on any atom is -0.466 e. The molecular formula is C18H14BrNO2. The van der Waals surface area contributed by atoms with Gasteiger partial charge in [0.1, 0.15) is 0 Å². The van der Waals surface area contributed by atoms with Crippen LogP contribution in [0.3, 0.4) is 0 Å². The maximum atomic E-state index is 11.4. The van der Waals surface area contributed by atoms with Crippen molar-refractivity contribution in [1.82, 2.24) is 4.98 Å². The molecule has 0 aliphatic carbocycles. The summed E-state index contributed by atoms with van der Waals surface area (Å²) in [6, 6.07) is 16.1. The monoisotopic (exact) mass is 355 g/mol. The second kappa shape index (κ2) is 6.20. The van der Waals surface area contributed by atoms with Crippen LogP contribution in [0.25, 0.3) is 28.2 Å². The van der Waals surface area contributed by atoms with Crippen molar-refractivity contribution in [3.63, 3.8) is 0 Å². The molecule has 4 heteroatoms. The lowest BCUT2D eigenvalue weighted by atomic mass is 10.0. The third-order valence-corrected chi connectivity index (χ3v) is 4.00. The molecule has 1 heterocycles. The van der Waals surface area contributed by atoms with E-state index in [2.05, 4.69) is 25.7 Å². The molecule has 0 aliphatic heterocycles. The lowest BCUT2D eigenvalue weighted by molar-refractivity contribution is -0.134. The Hall–Kier alpha value is -2.33. The Balaban J connectivity index is 2.18. The summed E-state index contributed by atoms with van der Waals surface area (Å²) in [5, 5.41) is 1.07. The van der Waals surface area contributed by atoms with Crippen LogP contribution in [0.15, 0.2) is 59.1 Å². The maximum Gasteiger partial charge on any atom is 0.330 e. The highest BCUT2D eigenvalue weighted by atomic mass is 79.9. The average molecular weight is 356 g/mol. The zero-order valence-corrected chi connectivity index (χ0v) is 13.6. The van der Waals surface area contributed by atoms with Crippen LogP contribution in [0, 0.1) is 0 Å². The molecule has 0 atom stereocenters. The molecule has 1 N–H and O–H groups in total. The number of H-pyrrole nitrogens is 1. The first-order chi connectivity index (χ1) is 10.7. The number of aromatic amines is 1. The number of fused-ring (bicyclic) bond motifs is 1. The zero-order valence-electron chi connectivity index (χ0n) is 12.0. The number of nitrogens with one attached hydrogen (secondary N) is 1. The van der Waals surface area contributed by atoms with Crippen LogP contribution in [-0.2, 0) is 9.53 Å². The summed E-state index contributed by atoms with van der Waals surface area (Å²) in [5.41, 5.74) is 4.05. The van der Waals surface area contributed by atoms with Gasteiger partial charge in [0.25, 0.3) is 0 Å². The second-order valence-corrected chi connectivity index (χ2v) is 5.74. The molecule has 2 aromatic carbocycles. The first kappa shape index (κ1) is 14.6. The van der Waals surface area contributed by atoms with Gasteiger partial charge in [-0.2, -0.15) is 0 Å². The van der Waals surface area contributed by atoms with Crippen LogP contribution in [0.5, 0.6) is 0 Å². The number of hydrogen-bond donors (Lipinski definition) is 1. The fraction of sp³-hybridized carbons (Fsp3) is 0.0556. The van der Waals surface area contributed by atoms with E-state index in [-0.39, 0.29) is 5.97 Å². The van der Waals surface area contributed by atoms with Crippen molar-refractivity contribution in [1.29, 1.82) is 0 Å². The van der Waals surface area contributed by atoms with Crippen molar-refractivity contribution in [2.24, 2.45) is 0 Å². The van der Waals surface area contributed by atoms with Gasteiger partial charge in [0.15, 0.2) is 0 Å². The highest BCUT2D eigenvalue weighted by Gasteiger charge is 2.11. The van der Waals surface area contributed by atoms with Gasteiger partial charge in [-0.15, -0.1) is 0 Å². The van der Waals surface area contributed by atoms with Gasteiger partial charge in [0.05, 0.1) is 12.8 Å². The molecule has 0 saturated carbocycles. The molecule has 0 amide bonds. The molecule has 0 radical (unpaired) electrons. The number of hydrogen-bond acceptors (Lipinski definition) is 2. The summed E-state index contributed by atoms with van der Waals surface area (Å²) in [6.07, 6.45) is 3.24. The van der Waals surface area contributed by atoms with Gasteiger partial charge in [0.2, 0.25) is 0 Å². The number of para-hydroxylation sites is 1. The fourth-order valence-electron chi connectivity index (χ4n) is 2.40. The van der Waals surface area contributed by atoms with E-state index < -0.39 is 0 Å². The first-order valence-corrected chi connectivity index (χ1v) is 7.61. The van der Waals surface area contributed by atoms with Crippen molar-refractivity contribution in [2.75, 3.05) is 7.11 Å². The molecule has 0 spiro atoms. The molecule has 3 aromatic rings. The summed E-state index contributed by atoms with van der Waals surface area (Å²) in [5.74, 6) is -0.368. The van der Waals surface area contributed by atoms with Gasteiger partial charge >= 0.3 is 5.97 Å². The normalized spacial score (nSPS) is 11.2. The Morgan fingerprint density at radius 2 is 1.86 bits per heavy atom. The summed E-state index contributed by atoms with van der Waals surface area (Å²) >= 11 is 3.44. The van der Waals surface area contributed by atoms with Crippen molar-refractivity contribution in [2.45, 2.75) is 0 Å². The van der Waals surface area contributed by atoms with Gasteiger partial charge in [-0.3, -0.25) is 0 Å². The van der Waals surface area contributed by atoms with E-state index in [0.29, 0.717) is 0 Å². The van der Waals surface area contributed by atoms with E-state index in [1.54, 1.807) is 6.08 Å². The molecule has 0 aliphatic rings. The standard InChI is InChI=1S/C18H14BrNO2/c1-22-17(21)11-10-15-14-4-2-3-5-16(14)20-18(15)12-6-8-13(19)9-7-12/h2-11,20H,1H3. The lowest BCUT2D eigenvalue weighted by Gasteiger charge is -2.01. The van der Waals surface area contributed by atoms with Gasteiger partial charge in [-0.25, -0.2) is 4.79 Å². The minimum atomic E-state index is -0.368. The van der Waals surface area contributed by atoms with E-state index in [9.17, 15) is 4.79 Å². The van der Waals surface area contributed by atoms with E-state index in [4.69, 9.17) is 0 Å². The largest absolute Gasteiger partial charge is 0.466 e. The minimum absolute atomic E-state index is 0.368. The summed E-state index contributed by atoms with van der Waals surface area (Å²) in [6.45, 7) is 0. The molecule has 3 nitrogen and oxygen atoms in total. The smallest absolute Gasteiger partial charge is 0.330 e.